The number of fused-ring (bicyclic) bond motifs is 2. The number of aromatic nitrogens is 6. The molecule has 0 saturated heterocycles. The SMILES string of the molecule is COC(=O)/C=C/c1cc(C2CC2)cn2cc(Cn3cc(C(=O)NCc4ncn5ccc(Cl)cc45)cn3)nc12. The van der Waals surface area contributed by atoms with Crippen LogP contribution in [0.3, 0.4) is 0 Å². The number of rotatable bonds is 8. The molecule has 5 aromatic heterocycles. The minimum absolute atomic E-state index is 0.251. The second-order valence-electron chi connectivity index (χ2n) is 9.26. The fourth-order valence-electron chi connectivity index (χ4n) is 4.41. The summed E-state index contributed by atoms with van der Waals surface area (Å²) in [6, 6.07) is 5.67. The first-order valence-electron chi connectivity index (χ1n) is 12.2. The van der Waals surface area contributed by atoms with Crippen LogP contribution in [0.2, 0.25) is 5.02 Å². The lowest BCUT2D eigenvalue weighted by atomic mass is 10.1. The number of nitrogens with one attached hydrogen (secondary N) is 1. The Labute approximate surface area is 222 Å². The number of carbonyl (C=O) groups excluding carboxylic acids is 2. The van der Waals surface area contributed by atoms with Crippen LogP contribution in [0.4, 0.5) is 0 Å². The Kier molecular flexibility index (Phi) is 6.16. The zero-order valence-electron chi connectivity index (χ0n) is 20.5. The first kappa shape index (κ1) is 23.9. The number of esters is 1. The summed E-state index contributed by atoms with van der Waals surface area (Å²) in [5.74, 6) is -0.127. The molecule has 1 aliphatic rings. The Balaban J connectivity index is 1.17. The van der Waals surface area contributed by atoms with Crippen LogP contribution in [0.25, 0.3) is 17.2 Å². The van der Waals surface area contributed by atoms with Gasteiger partial charge in [-0.1, -0.05) is 11.6 Å². The number of methoxy groups -OCH3 is 1. The molecule has 0 atom stereocenters. The van der Waals surface area contributed by atoms with Gasteiger partial charge in [-0.25, -0.2) is 14.8 Å². The van der Waals surface area contributed by atoms with Crippen molar-refractivity contribution in [3.63, 3.8) is 0 Å². The van der Waals surface area contributed by atoms with Crippen molar-refractivity contribution >= 4 is 40.7 Å². The van der Waals surface area contributed by atoms with Crippen molar-refractivity contribution in [1.29, 1.82) is 0 Å². The molecule has 1 aliphatic carbocycles. The molecule has 0 aliphatic heterocycles. The average molecular weight is 530 g/mol. The van der Waals surface area contributed by atoms with Crippen LogP contribution in [0, 0.1) is 0 Å². The summed E-state index contributed by atoms with van der Waals surface area (Å²) in [5.41, 5.74) is 5.58. The molecular formula is C27H24ClN7O3. The molecule has 0 bridgehead atoms. The van der Waals surface area contributed by atoms with Gasteiger partial charge < -0.3 is 18.9 Å². The van der Waals surface area contributed by atoms with E-state index in [1.807, 2.05) is 27.3 Å². The predicted octanol–water partition coefficient (Wildman–Crippen LogP) is 3.87. The Morgan fingerprint density at radius 2 is 2.08 bits per heavy atom. The van der Waals surface area contributed by atoms with Crippen LogP contribution in [0.1, 0.15) is 51.6 Å². The Morgan fingerprint density at radius 1 is 1.21 bits per heavy atom. The molecule has 0 aromatic carbocycles. The molecule has 192 valence electrons. The van der Waals surface area contributed by atoms with E-state index in [1.165, 1.54) is 24.9 Å². The standard InChI is InChI=1S/C27H24ClN7O3/c1-38-25(36)5-4-18-8-19(17-2-3-17)12-34-14-22(32-26(18)34)15-35-13-20(10-31-35)27(37)29-11-23-24-9-21(28)6-7-33(24)16-30-23/h4-10,12-14,16-17H,2-3,11,15H2,1H3,(H,29,37)/b5-4+. The van der Waals surface area contributed by atoms with Crippen molar-refractivity contribution in [3.05, 3.63) is 94.7 Å². The summed E-state index contributed by atoms with van der Waals surface area (Å²) < 4.78 is 10.2. The number of halogens is 1. The molecule has 5 aromatic rings. The van der Waals surface area contributed by atoms with Crippen molar-refractivity contribution in [2.45, 2.75) is 31.8 Å². The molecule has 5 heterocycles. The third kappa shape index (κ3) is 4.90. The number of ether oxygens (including phenoxy) is 1. The maximum Gasteiger partial charge on any atom is 0.330 e. The molecule has 6 rings (SSSR count). The number of pyridine rings is 2. The van der Waals surface area contributed by atoms with Crippen LogP contribution in [0.5, 0.6) is 0 Å². The second-order valence-corrected chi connectivity index (χ2v) is 9.70. The quantitative estimate of drug-likeness (QED) is 0.241. The van der Waals surface area contributed by atoms with Crippen molar-refractivity contribution in [2.24, 2.45) is 0 Å². The van der Waals surface area contributed by atoms with Crippen molar-refractivity contribution in [1.82, 2.24) is 33.9 Å². The summed E-state index contributed by atoms with van der Waals surface area (Å²) in [5, 5.41) is 7.85. The molecule has 11 heteroatoms. The monoisotopic (exact) mass is 529 g/mol. The van der Waals surface area contributed by atoms with Gasteiger partial charge in [-0.05, 0) is 48.6 Å². The smallest absolute Gasteiger partial charge is 0.330 e. The van der Waals surface area contributed by atoms with E-state index in [4.69, 9.17) is 21.3 Å². The van der Waals surface area contributed by atoms with Gasteiger partial charge in [0.25, 0.3) is 5.91 Å². The van der Waals surface area contributed by atoms with Gasteiger partial charge in [0.1, 0.15) is 5.65 Å². The fraction of sp³-hybridized carbons (Fsp3) is 0.222. The third-order valence-electron chi connectivity index (χ3n) is 6.52. The van der Waals surface area contributed by atoms with Gasteiger partial charge >= 0.3 is 5.97 Å². The van der Waals surface area contributed by atoms with Crippen LogP contribution < -0.4 is 5.32 Å². The molecule has 0 spiro atoms. The normalized spacial score (nSPS) is 13.5. The lowest BCUT2D eigenvalue weighted by Crippen LogP contribution is -2.22. The van der Waals surface area contributed by atoms with E-state index in [2.05, 4.69) is 27.7 Å². The minimum Gasteiger partial charge on any atom is -0.466 e. The lowest BCUT2D eigenvalue weighted by Gasteiger charge is -2.04. The highest BCUT2D eigenvalue weighted by atomic mass is 35.5. The highest BCUT2D eigenvalue weighted by Gasteiger charge is 2.25. The maximum atomic E-state index is 12.8. The summed E-state index contributed by atoms with van der Waals surface area (Å²) in [4.78, 5) is 33.6. The number of hydrogen-bond donors (Lipinski definition) is 1. The lowest BCUT2D eigenvalue weighted by molar-refractivity contribution is -0.134. The molecule has 1 fully saturated rings. The van der Waals surface area contributed by atoms with Gasteiger partial charge in [0, 0.05) is 41.4 Å². The largest absolute Gasteiger partial charge is 0.466 e. The van der Waals surface area contributed by atoms with Gasteiger partial charge in [0.15, 0.2) is 0 Å². The summed E-state index contributed by atoms with van der Waals surface area (Å²) in [6.45, 7) is 0.649. The fourth-order valence-corrected chi connectivity index (χ4v) is 4.57. The van der Waals surface area contributed by atoms with E-state index in [9.17, 15) is 9.59 Å². The molecule has 1 N–H and O–H groups in total. The van der Waals surface area contributed by atoms with Gasteiger partial charge in [-0.2, -0.15) is 5.10 Å². The molecule has 1 amide bonds. The number of carbonyl (C=O) groups is 2. The summed E-state index contributed by atoms with van der Waals surface area (Å²) in [6.07, 6.45) is 16.2. The second kappa shape index (κ2) is 9.79. The van der Waals surface area contributed by atoms with Crippen LogP contribution in [-0.2, 0) is 22.6 Å². The van der Waals surface area contributed by atoms with Crippen LogP contribution in [0.15, 0.2) is 61.6 Å². The Hall–Kier alpha value is -4.44. The Morgan fingerprint density at radius 3 is 2.89 bits per heavy atom. The first-order chi connectivity index (χ1) is 18.5. The third-order valence-corrected chi connectivity index (χ3v) is 6.75. The number of amides is 1. The number of nitrogens with zero attached hydrogens (tertiary/aromatic N) is 6. The van der Waals surface area contributed by atoms with E-state index in [-0.39, 0.29) is 12.5 Å². The number of imidazole rings is 2. The van der Waals surface area contributed by atoms with Gasteiger partial charge in [0.2, 0.25) is 0 Å². The van der Waals surface area contributed by atoms with Crippen molar-refractivity contribution in [3.8, 4) is 0 Å². The summed E-state index contributed by atoms with van der Waals surface area (Å²) in [7, 11) is 1.35. The zero-order chi connectivity index (χ0) is 26.2. The average Bonchev–Trinajstić information content (AvgIpc) is 3.33. The molecular weight excluding hydrogens is 506 g/mol. The molecule has 10 nitrogen and oxygen atoms in total. The van der Waals surface area contributed by atoms with E-state index in [0.29, 0.717) is 23.0 Å². The van der Waals surface area contributed by atoms with E-state index in [1.54, 1.807) is 29.3 Å². The van der Waals surface area contributed by atoms with E-state index >= 15 is 0 Å². The van der Waals surface area contributed by atoms with E-state index in [0.717, 1.165) is 41.0 Å². The highest BCUT2D eigenvalue weighted by molar-refractivity contribution is 6.30. The maximum absolute atomic E-state index is 12.8. The molecule has 0 unspecified atom stereocenters. The van der Waals surface area contributed by atoms with Crippen LogP contribution >= 0.6 is 11.6 Å². The first-order valence-corrected chi connectivity index (χ1v) is 12.5. The zero-order valence-corrected chi connectivity index (χ0v) is 21.3. The topological polar surface area (TPSA) is 108 Å². The Bertz CT molecular complexity index is 1710. The highest BCUT2D eigenvalue weighted by Crippen LogP contribution is 2.40. The minimum atomic E-state index is -0.418. The van der Waals surface area contributed by atoms with Crippen molar-refractivity contribution < 1.29 is 14.3 Å². The van der Waals surface area contributed by atoms with E-state index < -0.39 is 5.97 Å². The van der Waals surface area contributed by atoms with Gasteiger partial charge in [-0.3, -0.25) is 9.48 Å². The number of hydrogen-bond acceptors (Lipinski definition) is 6. The van der Waals surface area contributed by atoms with Crippen LogP contribution in [-0.4, -0.2) is 47.5 Å². The van der Waals surface area contributed by atoms with Crippen molar-refractivity contribution in [2.75, 3.05) is 7.11 Å². The molecule has 38 heavy (non-hydrogen) atoms. The van der Waals surface area contributed by atoms with Gasteiger partial charge in [-0.15, -0.1) is 0 Å². The molecule has 1 saturated carbocycles. The molecule has 0 radical (unpaired) electrons. The summed E-state index contributed by atoms with van der Waals surface area (Å²) >= 11 is 6.10. The predicted molar refractivity (Wildman–Crippen MR) is 141 cm³/mol. The van der Waals surface area contributed by atoms with Gasteiger partial charge in [0.05, 0.1) is 55.2 Å².